The van der Waals surface area contributed by atoms with Crippen LogP contribution >= 0.6 is 0 Å². The molecule has 8 aliphatic rings. The fourth-order valence-electron chi connectivity index (χ4n) is 15.8. The summed E-state index contributed by atoms with van der Waals surface area (Å²) in [7, 11) is 0. The van der Waals surface area contributed by atoms with Gasteiger partial charge < -0.3 is 83.5 Å². The molecule has 91 heavy (non-hydrogen) atoms. The predicted octanol–water partition coefficient (Wildman–Crippen LogP) is 4.38. The SMILES string of the molecule is C=CCOC(=O)O.C=CCOC(=O)O[C@H]1C(=O)[C@@]2(C)C([C@H](OC(=O)c3ccccc3)[C@]3(O)C[C@H](O)C(C)=C1C3(C)C)[C@]1(OC(C)=O)CO[C@@H]1C[C@@H]2O.CC(=O)O[C@@]12CO[C@@H]1C[C@H](O)[C@@]1(C)C(=O)[C@H](O)C3=C(C)[C@@H](O)C[C@@](O)([C@@H](OC(=O)c4ccccc4)C12)C3(C)C. The molecule has 25 nitrogen and oxygen atoms in total. The Labute approximate surface area is 525 Å². The molecule has 0 aromatic heterocycles. The summed E-state index contributed by atoms with van der Waals surface area (Å²) >= 11 is 0. The number of aliphatic hydroxyl groups is 7. The first-order valence-corrected chi connectivity index (χ1v) is 29.9. The molecule has 2 saturated heterocycles. The van der Waals surface area contributed by atoms with Gasteiger partial charge in [0.1, 0.15) is 54.9 Å². The molecule has 496 valence electrons. The highest BCUT2D eigenvalue weighted by Crippen LogP contribution is 2.66. The summed E-state index contributed by atoms with van der Waals surface area (Å²) in [6, 6.07) is 16.1. The molecule has 25 heteroatoms. The average molecular weight is 1280 g/mol. The van der Waals surface area contributed by atoms with Crippen LogP contribution in [0.25, 0.3) is 0 Å². The molecule has 6 fully saturated rings. The minimum absolute atomic E-state index is 0.0648. The third kappa shape index (κ3) is 11.3. The Morgan fingerprint density at radius 1 is 0.582 bits per heavy atom. The summed E-state index contributed by atoms with van der Waals surface area (Å²) in [4.78, 5) is 104. The molecule has 10 rings (SSSR count). The number of hydrogen-bond donors (Lipinski definition) is 8. The van der Waals surface area contributed by atoms with Crippen molar-refractivity contribution in [3.05, 3.63) is 119 Å². The maximum Gasteiger partial charge on any atom is 0.509 e. The van der Waals surface area contributed by atoms with Crippen molar-refractivity contribution in [2.45, 2.75) is 178 Å². The van der Waals surface area contributed by atoms with Crippen LogP contribution in [0.1, 0.15) is 116 Å². The number of rotatable bonds is 11. The lowest BCUT2D eigenvalue weighted by Crippen LogP contribution is -2.81. The molecule has 4 saturated carbocycles. The molecule has 2 aromatic carbocycles. The minimum Gasteiger partial charge on any atom is -0.455 e. The van der Waals surface area contributed by atoms with Crippen LogP contribution < -0.4 is 0 Å². The van der Waals surface area contributed by atoms with E-state index in [2.05, 4.69) is 17.9 Å². The van der Waals surface area contributed by atoms with Gasteiger partial charge in [0.05, 0.1) is 71.4 Å². The zero-order chi connectivity index (χ0) is 67.5. The van der Waals surface area contributed by atoms with Gasteiger partial charge in [-0.3, -0.25) is 19.2 Å². The van der Waals surface area contributed by atoms with Crippen molar-refractivity contribution in [3.8, 4) is 0 Å². The Morgan fingerprint density at radius 3 is 1.33 bits per heavy atom. The number of benzene rings is 2. The monoisotopic (exact) mass is 1270 g/mol. The lowest BCUT2D eigenvalue weighted by molar-refractivity contribution is -0.345. The van der Waals surface area contributed by atoms with E-state index < -0.39 is 165 Å². The zero-order valence-electron chi connectivity index (χ0n) is 52.4. The summed E-state index contributed by atoms with van der Waals surface area (Å²) in [5, 5.41) is 90.6. The number of Topliss-reactive ketones (excluding diaryl/α,β-unsaturated/α-hetero) is 2. The van der Waals surface area contributed by atoms with Crippen molar-refractivity contribution in [1.29, 1.82) is 0 Å². The van der Waals surface area contributed by atoms with E-state index in [1.165, 1.54) is 64.1 Å². The third-order valence-corrected chi connectivity index (χ3v) is 20.7. The number of ether oxygens (including phenoxy) is 9. The smallest absolute Gasteiger partial charge is 0.455 e. The lowest BCUT2D eigenvalue weighted by atomic mass is 9.44. The summed E-state index contributed by atoms with van der Waals surface area (Å²) < 4.78 is 50.3. The van der Waals surface area contributed by atoms with Gasteiger partial charge in [-0.25, -0.2) is 19.2 Å². The third-order valence-electron chi connectivity index (χ3n) is 20.7. The van der Waals surface area contributed by atoms with Crippen molar-refractivity contribution in [3.63, 3.8) is 0 Å². The van der Waals surface area contributed by atoms with Crippen LogP contribution in [-0.2, 0) is 61.8 Å². The first-order chi connectivity index (χ1) is 42.5. The highest BCUT2D eigenvalue weighted by atomic mass is 16.7. The Morgan fingerprint density at radius 2 is 0.967 bits per heavy atom. The summed E-state index contributed by atoms with van der Waals surface area (Å²) in [6.45, 7) is 21.0. The van der Waals surface area contributed by atoms with Crippen molar-refractivity contribution < 1.29 is 122 Å². The standard InChI is InChI=1S/C33H40O12.C29H36O10.C4H6O3/c1-7-13-41-29(39)43-24-23-17(2)20(35)15-33(40,30(23,4)5)27(44-28(38)19-11-9-8-10-12-19)25-31(6,26(24)37)21(36)14-22-32(25,16-42-22)45-18(3)34;1-14-17(31)12-29(36)24(38-25(35)16-9-7-6-8-10-16)22-27(5,23(34)21(33)20(14)26(29,3)4)18(32)11-19-28(22,13-37-19)39-15(2)30;1-2-3-7-4(5)6/h7-12,20-22,24-25,27,35-36,40H,1,13-16H2,2-6H3;6-10,17-19,21-22,24,31-33,36H,11-13H2,1-5H3;2H,1,3H2,(H,5,6)/t20-,21-,22+,24+,25?,27-,31+,32-,33+;17-,18-,19+,21+,22?,24-,27+,28-,29+;/m00./s1. The normalized spacial score (nSPS) is 37.8. The molecule has 0 amide bonds. The molecular formula is C66H82O25. The topological polar surface area (TPSA) is 381 Å². The van der Waals surface area contributed by atoms with Crippen molar-refractivity contribution in [2.24, 2.45) is 33.5 Å². The molecule has 8 N–H and O–H groups in total. The fraction of sp³-hybridized carbons (Fsp3) is 0.576. The molecule has 0 spiro atoms. The summed E-state index contributed by atoms with van der Waals surface area (Å²) in [6.07, 6.45) is -14.8. The molecular weight excluding hydrogens is 1190 g/mol. The van der Waals surface area contributed by atoms with E-state index in [-0.39, 0.29) is 80.0 Å². The van der Waals surface area contributed by atoms with E-state index in [1.54, 1.807) is 77.9 Å². The quantitative estimate of drug-likeness (QED) is 0.0879. The van der Waals surface area contributed by atoms with E-state index in [0.717, 1.165) is 0 Å². The summed E-state index contributed by atoms with van der Waals surface area (Å²) in [5.41, 5.74) is -13.1. The van der Waals surface area contributed by atoms with Gasteiger partial charge in [0.25, 0.3) is 0 Å². The number of hydrogen-bond acceptors (Lipinski definition) is 24. The highest BCUT2D eigenvalue weighted by Gasteiger charge is 2.80. The Balaban J connectivity index is 0.000000214. The molecule has 0 radical (unpaired) electrons. The van der Waals surface area contributed by atoms with Gasteiger partial charge >= 0.3 is 36.2 Å². The maximum absolute atomic E-state index is 15.0. The van der Waals surface area contributed by atoms with Crippen LogP contribution in [0.5, 0.6) is 0 Å². The number of carbonyl (C=O) groups excluding carboxylic acids is 7. The highest BCUT2D eigenvalue weighted by molar-refractivity contribution is 5.96. The van der Waals surface area contributed by atoms with Gasteiger partial charge in [0.2, 0.25) is 0 Å². The van der Waals surface area contributed by atoms with Gasteiger partial charge in [0.15, 0.2) is 28.9 Å². The van der Waals surface area contributed by atoms with Crippen LogP contribution in [0.2, 0.25) is 0 Å². The number of ketones is 2. The summed E-state index contributed by atoms with van der Waals surface area (Å²) in [5.74, 6) is -7.42. The number of aliphatic hydroxyl groups excluding tert-OH is 5. The van der Waals surface area contributed by atoms with Crippen molar-refractivity contribution >= 4 is 47.8 Å². The fourth-order valence-corrected chi connectivity index (χ4v) is 15.8. The van der Waals surface area contributed by atoms with E-state index in [9.17, 15) is 74.1 Å². The second-order valence-electron chi connectivity index (χ2n) is 26.2. The van der Waals surface area contributed by atoms with Crippen LogP contribution in [-0.4, -0.2) is 198 Å². The first-order valence-electron chi connectivity index (χ1n) is 29.9. The zero-order valence-corrected chi connectivity index (χ0v) is 52.4. The van der Waals surface area contributed by atoms with Crippen LogP contribution in [0, 0.1) is 33.5 Å². The van der Waals surface area contributed by atoms with Crippen LogP contribution in [0.4, 0.5) is 9.59 Å². The molecule has 2 aliphatic heterocycles. The molecule has 18 atom stereocenters. The molecule has 6 aliphatic carbocycles. The number of esters is 4. The van der Waals surface area contributed by atoms with Crippen molar-refractivity contribution in [1.82, 2.24) is 0 Å². The van der Waals surface area contributed by atoms with E-state index in [0.29, 0.717) is 5.57 Å². The van der Waals surface area contributed by atoms with E-state index >= 15 is 0 Å². The van der Waals surface area contributed by atoms with E-state index in [4.69, 9.17) is 43.0 Å². The van der Waals surface area contributed by atoms with Gasteiger partial charge in [-0.2, -0.15) is 0 Å². The van der Waals surface area contributed by atoms with Crippen LogP contribution in [0.15, 0.2) is 108 Å². The van der Waals surface area contributed by atoms with Crippen molar-refractivity contribution in [2.75, 3.05) is 26.4 Å². The maximum atomic E-state index is 15.0. The minimum atomic E-state index is -2.17. The molecule has 2 heterocycles. The lowest BCUT2D eigenvalue weighted by Gasteiger charge is -2.67. The molecule has 2 aromatic rings. The number of fused-ring (bicyclic) bond motifs is 10. The van der Waals surface area contributed by atoms with Gasteiger partial charge in [-0.1, -0.05) is 89.4 Å². The average Bonchev–Trinajstić information content (AvgIpc) is 0.678. The molecule has 4 bridgehead atoms. The number of carbonyl (C=O) groups is 8. The van der Waals surface area contributed by atoms with E-state index in [1.807, 2.05) is 0 Å². The molecule has 2 unspecified atom stereocenters. The Hall–Kier alpha value is -7.20. The van der Waals surface area contributed by atoms with Gasteiger partial charge in [-0.05, 0) is 74.3 Å². The number of carboxylic acid groups (broad SMARTS) is 1. The van der Waals surface area contributed by atoms with Gasteiger partial charge in [0, 0.05) is 50.4 Å². The second kappa shape index (κ2) is 25.4. The Kier molecular flexibility index (Phi) is 19.4. The first kappa shape index (κ1) is 69.7. The second-order valence-corrected chi connectivity index (χ2v) is 26.2. The van der Waals surface area contributed by atoms with Crippen LogP contribution in [0.3, 0.4) is 0 Å². The Bertz CT molecular complexity index is 3280. The van der Waals surface area contributed by atoms with Gasteiger partial charge in [-0.15, -0.1) is 0 Å². The predicted molar refractivity (Wildman–Crippen MR) is 315 cm³/mol. The largest absolute Gasteiger partial charge is 0.509 e.